The van der Waals surface area contributed by atoms with Gasteiger partial charge in [0.2, 0.25) is 11.9 Å². The van der Waals surface area contributed by atoms with Gasteiger partial charge in [0, 0.05) is 13.1 Å². The molecule has 19 heavy (non-hydrogen) atoms. The maximum Gasteiger partial charge on any atom is 0.322 e. The summed E-state index contributed by atoms with van der Waals surface area (Å²) in [4.78, 5) is 12.7. The summed E-state index contributed by atoms with van der Waals surface area (Å²) >= 11 is 0. The lowest BCUT2D eigenvalue weighted by atomic mass is 9.97. The van der Waals surface area contributed by atoms with Crippen LogP contribution in [0.3, 0.4) is 0 Å². The minimum atomic E-state index is 0.336. The standard InChI is InChI=1S/C13H23N5O/c1-9-7-5-4-6-8-10(9)15-12-16-11(14-2)17-13(18-12)19-3/h9-10H,4-8H2,1-3H3,(H2,14,15,16,17,18). The Bertz CT molecular complexity index is 390. The van der Waals surface area contributed by atoms with Crippen molar-refractivity contribution in [1.29, 1.82) is 0 Å². The highest BCUT2D eigenvalue weighted by Crippen LogP contribution is 2.25. The van der Waals surface area contributed by atoms with Gasteiger partial charge in [-0.15, -0.1) is 0 Å². The molecule has 0 aromatic carbocycles. The largest absolute Gasteiger partial charge is 0.467 e. The van der Waals surface area contributed by atoms with Crippen molar-refractivity contribution >= 4 is 11.9 Å². The number of aromatic nitrogens is 3. The monoisotopic (exact) mass is 265 g/mol. The number of ether oxygens (including phenoxy) is 1. The molecule has 1 heterocycles. The van der Waals surface area contributed by atoms with Crippen molar-refractivity contribution in [1.82, 2.24) is 15.0 Å². The topological polar surface area (TPSA) is 72.0 Å². The van der Waals surface area contributed by atoms with Crippen LogP contribution in [0.25, 0.3) is 0 Å². The van der Waals surface area contributed by atoms with Gasteiger partial charge in [-0.1, -0.05) is 26.2 Å². The van der Waals surface area contributed by atoms with Gasteiger partial charge < -0.3 is 15.4 Å². The zero-order valence-electron chi connectivity index (χ0n) is 11.9. The molecule has 106 valence electrons. The minimum Gasteiger partial charge on any atom is -0.467 e. The molecule has 1 fully saturated rings. The fourth-order valence-corrected chi connectivity index (χ4v) is 2.50. The molecule has 2 atom stereocenters. The van der Waals surface area contributed by atoms with Gasteiger partial charge in [0.05, 0.1) is 7.11 Å². The van der Waals surface area contributed by atoms with Crippen molar-refractivity contribution in [2.75, 3.05) is 24.8 Å². The summed E-state index contributed by atoms with van der Waals surface area (Å²) in [5.74, 6) is 1.76. The summed E-state index contributed by atoms with van der Waals surface area (Å²) in [7, 11) is 3.35. The van der Waals surface area contributed by atoms with Gasteiger partial charge in [-0.25, -0.2) is 0 Å². The first-order valence-corrected chi connectivity index (χ1v) is 6.97. The zero-order valence-corrected chi connectivity index (χ0v) is 11.9. The van der Waals surface area contributed by atoms with E-state index in [4.69, 9.17) is 4.74 Å². The smallest absolute Gasteiger partial charge is 0.322 e. The molecule has 0 spiro atoms. The highest BCUT2D eigenvalue weighted by Gasteiger charge is 2.21. The van der Waals surface area contributed by atoms with Gasteiger partial charge in [0.25, 0.3) is 0 Å². The number of nitrogens with zero attached hydrogens (tertiary/aromatic N) is 3. The Balaban J connectivity index is 2.12. The Kier molecular flexibility index (Phi) is 4.76. The summed E-state index contributed by atoms with van der Waals surface area (Å²) in [6.45, 7) is 2.29. The molecule has 1 aromatic heterocycles. The van der Waals surface area contributed by atoms with Crippen LogP contribution in [0.15, 0.2) is 0 Å². The Hall–Kier alpha value is -1.59. The van der Waals surface area contributed by atoms with Crippen molar-refractivity contribution in [3.63, 3.8) is 0 Å². The molecule has 0 radical (unpaired) electrons. The van der Waals surface area contributed by atoms with Crippen LogP contribution in [0.2, 0.25) is 0 Å². The highest BCUT2D eigenvalue weighted by atomic mass is 16.5. The van der Waals surface area contributed by atoms with Crippen LogP contribution < -0.4 is 15.4 Å². The van der Waals surface area contributed by atoms with Crippen LogP contribution in [-0.2, 0) is 0 Å². The first-order valence-electron chi connectivity index (χ1n) is 6.97. The second kappa shape index (κ2) is 6.54. The molecule has 1 aliphatic carbocycles. The number of rotatable bonds is 4. The SMILES string of the molecule is CNc1nc(NC2CCCCCC2C)nc(OC)n1. The maximum absolute atomic E-state index is 5.10. The molecule has 1 saturated carbocycles. The number of anilines is 2. The van der Waals surface area contributed by atoms with Crippen LogP contribution in [0.4, 0.5) is 11.9 Å². The van der Waals surface area contributed by atoms with Crippen LogP contribution in [0.1, 0.15) is 39.0 Å². The lowest BCUT2D eigenvalue weighted by Crippen LogP contribution is -2.27. The molecule has 2 N–H and O–H groups in total. The van der Waals surface area contributed by atoms with E-state index >= 15 is 0 Å². The fourth-order valence-electron chi connectivity index (χ4n) is 2.50. The third-order valence-electron chi connectivity index (χ3n) is 3.70. The normalized spacial score (nSPS) is 23.5. The molecule has 1 aromatic rings. The quantitative estimate of drug-likeness (QED) is 0.814. The molecular weight excluding hydrogens is 242 g/mol. The van der Waals surface area contributed by atoms with Crippen LogP contribution in [0, 0.1) is 5.92 Å². The Morgan fingerprint density at radius 1 is 1.05 bits per heavy atom. The molecule has 6 heteroatoms. The van der Waals surface area contributed by atoms with E-state index in [2.05, 4.69) is 32.5 Å². The molecule has 0 aliphatic heterocycles. The summed E-state index contributed by atoms with van der Waals surface area (Å²) in [6, 6.07) is 0.766. The average molecular weight is 265 g/mol. The number of nitrogens with one attached hydrogen (secondary N) is 2. The summed E-state index contributed by atoms with van der Waals surface area (Å²) in [6.07, 6.45) is 6.35. The number of hydrogen-bond acceptors (Lipinski definition) is 6. The molecule has 0 amide bonds. The first kappa shape index (κ1) is 13.8. The van der Waals surface area contributed by atoms with Crippen LogP contribution in [-0.4, -0.2) is 35.2 Å². The van der Waals surface area contributed by atoms with Gasteiger partial charge >= 0.3 is 6.01 Å². The molecule has 2 rings (SSSR count). The molecule has 0 bridgehead atoms. The zero-order chi connectivity index (χ0) is 13.7. The lowest BCUT2D eigenvalue weighted by Gasteiger charge is -2.22. The fraction of sp³-hybridized carbons (Fsp3) is 0.769. The summed E-state index contributed by atoms with van der Waals surface area (Å²) < 4.78 is 5.10. The minimum absolute atomic E-state index is 0.336. The van der Waals surface area contributed by atoms with E-state index in [0.717, 1.165) is 0 Å². The van der Waals surface area contributed by atoms with E-state index in [0.29, 0.717) is 29.9 Å². The van der Waals surface area contributed by atoms with E-state index < -0.39 is 0 Å². The van der Waals surface area contributed by atoms with Gasteiger partial charge in [-0.2, -0.15) is 15.0 Å². The van der Waals surface area contributed by atoms with E-state index in [9.17, 15) is 0 Å². The Morgan fingerprint density at radius 2 is 1.79 bits per heavy atom. The highest BCUT2D eigenvalue weighted by molar-refractivity contribution is 5.36. The van der Waals surface area contributed by atoms with Gasteiger partial charge in [-0.05, 0) is 18.8 Å². The molecule has 0 saturated heterocycles. The summed E-state index contributed by atoms with van der Waals surface area (Å²) in [5, 5.41) is 6.36. The third-order valence-corrected chi connectivity index (χ3v) is 3.70. The van der Waals surface area contributed by atoms with E-state index in [-0.39, 0.29) is 0 Å². The second-order valence-electron chi connectivity index (χ2n) is 5.09. The number of methoxy groups -OCH3 is 1. The van der Waals surface area contributed by atoms with Crippen LogP contribution in [0.5, 0.6) is 6.01 Å². The van der Waals surface area contributed by atoms with Gasteiger partial charge in [0.1, 0.15) is 0 Å². The second-order valence-corrected chi connectivity index (χ2v) is 5.09. The Morgan fingerprint density at radius 3 is 2.53 bits per heavy atom. The van der Waals surface area contributed by atoms with Crippen LogP contribution >= 0.6 is 0 Å². The van der Waals surface area contributed by atoms with Gasteiger partial charge in [-0.3, -0.25) is 0 Å². The third kappa shape index (κ3) is 3.68. The van der Waals surface area contributed by atoms with E-state index in [1.165, 1.54) is 32.1 Å². The van der Waals surface area contributed by atoms with Crippen molar-refractivity contribution in [3.05, 3.63) is 0 Å². The first-order chi connectivity index (χ1) is 9.22. The molecule has 1 aliphatic rings. The predicted molar refractivity (Wildman–Crippen MR) is 75.6 cm³/mol. The predicted octanol–water partition coefficient (Wildman–Crippen LogP) is 2.30. The van der Waals surface area contributed by atoms with Gasteiger partial charge in [0.15, 0.2) is 0 Å². The average Bonchev–Trinajstić information content (AvgIpc) is 2.63. The molecule has 2 unspecified atom stereocenters. The van der Waals surface area contributed by atoms with Crippen molar-refractivity contribution in [2.45, 2.75) is 45.1 Å². The lowest BCUT2D eigenvalue weighted by molar-refractivity contribution is 0.378. The van der Waals surface area contributed by atoms with E-state index in [1.807, 2.05) is 0 Å². The van der Waals surface area contributed by atoms with Crippen molar-refractivity contribution in [3.8, 4) is 6.01 Å². The number of hydrogen-bond donors (Lipinski definition) is 2. The van der Waals surface area contributed by atoms with E-state index in [1.54, 1.807) is 14.2 Å². The molecule has 6 nitrogen and oxygen atoms in total. The maximum atomic E-state index is 5.10. The Labute approximate surface area is 114 Å². The summed E-state index contributed by atoms with van der Waals surface area (Å²) in [5.41, 5.74) is 0. The van der Waals surface area contributed by atoms with Crippen molar-refractivity contribution < 1.29 is 4.74 Å². The molecular formula is C13H23N5O. The van der Waals surface area contributed by atoms with Crippen molar-refractivity contribution in [2.24, 2.45) is 5.92 Å².